The summed E-state index contributed by atoms with van der Waals surface area (Å²) in [5.74, 6) is -1.30. The van der Waals surface area contributed by atoms with Crippen molar-refractivity contribution in [1.29, 1.82) is 0 Å². The van der Waals surface area contributed by atoms with Crippen LogP contribution in [0.3, 0.4) is 0 Å². The Morgan fingerprint density at radius 3 is 2.10 bits per heavy atom. The third kappa shape index (κ3) is 3.95. The van der Waals surface area contributed by atoms with E-state index in [4.69, 9.17) is 11.5 Å². The molecule has 0 aromatic heterocycles. The Hall–Kier alpha value is -1.59. The zero-order valence-corrected chi connectivity index (χ0v) is 12.7. The molecule has 0 radical (unpaired) electrons. The molecule has 3 atom stereocenters. The van der Waals surface area contributed by atoms with Crippen molar-refractivity contribution in [3.63, 3.8) is 0 Å². The summed E-state index contributed by atoms with van der Waals surface area (Å²) in [6.07, 6.45) is 0. The van der Waals surface area contributed by atoms with E-state index in [1.54, 1.807) is 45.0 Å². The van der Waals surface area contributed by atoms with Crippen molar-refractivity contribution >= 4 is 24.2 Å². The number of benzene rings is 1. The third-order valence-electron chi connectivity index (χ3n) is 3.42. The standard InChI is InChI=1S/C14H21N3O2.ClH/c1-9(10(2)15)12(18)17-14(3,13(16)19)11-7-5-4-6-8-11;/h4-10H,15H2,1-3H3,(H2,16,19)(H,17,18);1H. The zero-order chi connectivity index (χ0) is 14.6. The zero-order valence-electron chi connectivity index (χ0n) is 11.9. The van der Waals surface area contributed by atoms with Crippen LogP contribution in [0.15, 0.2) is 30.3 Å². The van der Waals surface area contributed by atoms with Crippen LogP contribution >= 0.6 is 12.4 Å². The average Bonchev–Trinajstić information content (AvgIpc) is 2.38. The molecule has 0 aliphatic heterocycles. The average molecular weight is 300 g/mol. The highest BCUT2D eigenvalue weighted by atomic mass is 35.5. The molecular weight excluding hydrogens is 278 g/mol. The van der Waals surface area contributed by atoms with Gasteiger partial charge < -0.3 is 16.8 Å². The highest BCUT2D eigenvalue weighted by Gasteiger charge is 2.36. The van der Waals surface area contributed by atoms with Gasteiger partial charge in [0, 0.05) is 12.0 Å². The third-order valence-corrected chi connectivity index (χ3v) is 3.42. The first-order chi connectivity index (χ1) is 8.79. The van der Waals surface area contributed by atoms with E-state index in [0.29, 0.717) is 5.56 Å². The van der Waals surface area contributed by atoms with Crippen LogP contribution in [0.5, 0.6) is 0 Å². The number of primary amides is 1. The molecule has 20 heavy (non-hydrogen) atoms. The molecule has 0 fully saturated rings. The summed E-state index contributed by atoms with van der Waals surface area (Å²) in [7, 11) is 0. The summed E-state index contributed by atoms with van der Waals surface area (Å²) >= 11 is 0. The quantitative estimate of drug-likeness (QED) is 0.753. The van der Waals surface area contributed by atoms with Gasteiger partial charge in [0.15, 0.2) is 0 Å². The monoisotopic (exact) mass is 299 g/mol. The normalized spacial score (nSPS) is 16.2. The van der Waals surface area contributed by atoms with Crippen LogP contribution in [0.2, 0.25) is 0 Å². The minimum absolute atomic E-state index is 0. The SMILES string of the molecule is CC(N)C(C)C(=O)NC(C)(C(N)=O)c1ccccc1.Cl. The molecule has 0 saturated heterocycles. The van der Waals surface area contributed by atoms with E-state index in [2.05, 4.69) is 5.32 Å². The maximum atomic E-state index is 12.1. The van der Waals surface area contributed by atoms with Gasteiger partial charge in [-0.1, -0.05) is 37.3 Å². The number of nitrogens with two attached hydrogens (primary N) is 2. The summed E-state index contributed by atoms with van der Waals surface area (Å²) in [4.78, 5) is 23.8. The lowest BCUT2D eigenvalue weighted by Crippen LogP contribution is -2.55. The maximum absolute atomic E-state index is 12.1. The molecule has 5 nitrogen and oxygen atoms in total. The Labute approximate surface area is 125 Å². The summed E-state index contributed by atoms with van der Waals surface area (Å²) in [5.41, 5.74) is 10.5. The lowest BCUT2D eigenvalue weighted by molar-refractivity contribution is -0.133. The highest BCUT2D eigenvalue weighted by molar-refractivity contribution is 5.91. The lowest BCUT2D eigenvalue weighted by Gasteiger charge is -2.30. The van der Waals surface area contributed by atoms with Gasteiger partial charge in [-0.05, 0) is 19.4 Å². The molecule has 0 heterocycles. The number of nitrogens with one attached hydrogen (secondary N) is 1. The number of hydrogen-bond donors (Lipinski definition) is 3. The first-order valence-corrected chi connectivity index (χ1v) is 6.22. The Kier molecular flexibility index (Phi) is 6.68. The van der Waals surface area contributed by atoms with Crippen molar-refractivity contribution < 1.29 is 9.59 Å². The van der Waals surface area contributed by atoms with Gasteiger partial charge in [-0.2, -0.15) is 0 Å². The molecule has 0 aliphatic rings. The van der Waals surface area contributed by atoms with Crippen molar-refractivity contribution in [2.45, 2.75) is 32.4 Å². The van der Waals surface area contributed by atoms with Crippen LogP contribution in [-0.2, 0) is 15.1 Å². The highest BCUT2D eigenvalue weighted by Crippen LogP contribution is 2.21. The van der Waals surface area contributed by atoms with E-state index in [0.717, 1.165) is 0 Å². The second kappa shape index (κ2) is 7.26. The van der Waals surface area contributed by atoms with Gasteiger partial charge in [-0.3, -0.25) is 9.59 Å². The van der Waals surface area contributed by atoms with Crippen molar-refractivity contribution in [3.05, 3.63) is 35.9 Å². The predicted octanol–water partition coefficient (Wildman–Crippen LogP) is 0.908. The van der Waals surface area contributed by atoms with Crippen LogP contribution in [0, 0.1) is 5.92 Å². The van der Waals surface area contributed by atoms with Gasteiger partial charge >= 0.3 is 0 Å². The Balaban J connectivity index is 0.00000361. The topological polar surface area (TPSA) is 98.2 Å². The van der Waals surface area contributed by atoms with Crippen LogP contribution in [-0.4, -0.2) is 17.9 Å². The predicted molar refractivity (Wildman–Crippen MR) is 81.2 cm³/mol. The van der Waals surface area contributed by atoms with Crippen molar-refractivity contribution in [2.75, 3.05) is 0 Å². The first kappa shape index (κ1) is 18.4. The Morgan fingerprint density at radius 1 is 1.20 bits per heavy atom. The van der Waals surface area contributed by atoms with Crippen molar-refractivity contribution in [1.82, 2.24) is 5.32 Å². The number of rotatable bonds is 5. The van der Waals surface area contributed by atoms with Crippen LogP contribution in [0.25, 0.3) is 0 Å². The molecule has 1 aromatic carbocycles. The van der Waals surface area contributed by atoms with E-state index >= 15 is 0 Å². The van der Waals surface area contributed by atoms with Crippen LogP contribution in [0.4, 0.5) is 0 Å². The summed E-state index contributed by atoms with van der Waals surface area (Å²) in [6, 6.07) is 8.61. The maximum Gasteiger partial charge on any atom is 0.247 e. The molecule has 0 saturated carbocycles. The van der Waals surface area contributed by atoms with Crippen molar-refractivity contribution in [2.24, 2.45) is 17.4 Å². The van der Waals surface area contributed by atoms with Gasteiger partial charge in [0.1, 0.15) is 5.54 Å². The molecule has 0 aliphatic carbocycles. The number of amides is 2. The summed E-state index contributed by atoms with van der Waals surface area (Å²) in [6.45, 7) is 5.05. The van der Waals surface area contributed by atoms with Crippen molar-refractivity contribution in [3.8, 4) is 0 Å². The van der Waals surface area contributed by atoms with Gasteiger partial charge in [0.25, 0.3) is 0 Å². The number of hydrogen-bond acceptors (Lipinski definition) is 3. The fourth-order valence-corrected chi connectivity index (χ4v) is 1.65. The minimum atomic E-state index is -1.23. The van der Waals surface area contributed by atoms with Gasteiger partial charge in [0.2, 0.25) is 11.8 Å². The van der Waals surface area contributed by atoms with Crippen LogP contribution in [0.1, 0.15) is 26.3 Å². The molecular formula is C14H22ClN3O2. The van der Waals surface area contributed by atoms with Gasteiger partial charge in [0.05, 0.1) is 0 Å². The smallest absolute Gasteiger partial charge is 0.247 e. The molecule has 2 amide bonds. The molecule has 6 heteroatoms. The van der Waals surface area contributed by atoms with E-state index in [1.165, 1.54) is 0 Å². The molecule has 5 N–H and O–H groups in total. The molecule has 0 bridgehead atoms. The number of carbonyl (C=O) groups excluding carboxylic acids is 2. The number of halogens is 1. The minimum Gasteiger partial charge on any atom is -0.367 e. The molecule has 0 spiro atoms. The van der Waals surface area contributed by atoms with E-state index in [9.17, 15) is 9.59 Å². The first-order valence-electron chi connectivity index (χ1n) is 6.22. The Morgan fingerprint density at radius 2 is 1.70 bits per heavy atom. The van der Waals surface area contributed by atoms with E-state index in [-0.39, 0.29) is 24.4 Å². The fraction of sp³-hybridized carbons (Fsp3) is 0.429. The van der Waals surface area contributed by atoms with Gasteiger partial charge in [-0.25, -0.2) is 0 Å². The largest absolute Gasteiger partial charge is 0.367 e. The van der Waals surface area contributed by atoms with E-state index < -0.39 is 17.4 Å². The van der Waals surface area contributed by atoms with Gasteiger partial charge in [-0.15, -0.1) is 12.4 Å². The second-order valence-corrected chi connectivity index (χ2v) is 4.99. The molecule has 1 aromatic rings. The molecule has 112 valence electrons. The fourth-order valence-electron chi connectivity index (χ4n) is 1.65. The van der Waals surface area contributed by atoms with Crippen LogP contribution < -0.4 is 16.8 Å². The Bertz CT molecular complexity index is 465. The lowest BCUT2D eigenvalue weighted by atomic mass is 9.90. The molecule has 3 unspecified atom stereocenters. The second-order valence-electron chi connectivity index (χ2n) is 4.99. The molecule has 1 rings (SSSR count). The summed E-state index contributed by atoms with van der Waals surface area (Å²) < 4.78 is 0. The van der Waals surface area contributed by atoms with E-state index in [1.807, 2.05) is 6.07 Å². The summed E-state index contributed by atoms with van der Waals surface area (Å²) in [5, 5.41) is 2.70. The number of carbonyl (C=O) groups is 2.